The summed E-state index contributed by atoms with van der Waals surface area (Å²) in [7, 11) is 1.00. The van der Waals surface area contributed by atoms with Crippen LogP contribution in [0.1, 0.15) is 57.3 Å². The zero-order valence-electron chi connectivity index (χ0n) is 25.7. The number of hydrogen-bond acceptors (Lipinski definition) is 9. The van der Waals surface area contributed by atoms with Gasteiger partial charge in [0.25, 0.3) is 5.91 Å². The fourth-order valence-corrected chi connectivity index (χ4v) is 3.13. The van der Waals surface area contributed by atoms with Crippen LogP contribution >= 0.6 is 12.6 Å². The molecular weight excluding hydrogens is 571 g/mol. The molecule has 1 heterocycles. The summed E-state index contributed by atoms with van der Waals surface area (Å²) in [6.45, 7) is 7.81. The van der Waals surface area contributed by atoms with Crippen LogP contribution in [0.5, 0.6) is 0 Å². The summed E-state index contributed by atoms with van der Waals surface area (Å²) in [5, 5.41) is 39.7. The van der Waals surface area contributed by atoms with Crippen molar-refractivity contribution in [2.45, 2.75) is 65.2 Å². The number of thiol groups is 1. The number of aliphatic carboxylic acids is 1. The van der Waals surface area contributed by atoms with Gasteiger partial charge in [-0.25, -0.2) is 0 Å². The number of rotatable bonds is 7. The van der Waals surface area contributed by atoms with Crippen LogP contribution < -0.4 is 45.3 Å². The predicted octanol–water partition coefficient (Wildman–Crippen LogP) is -1.18. The van der Waals surface area contributed by atoms with E-state index >= 15 is 0 Å². The predicted molar refractivity (Wildman–Crippen MR) is 163 cm³/mol. The van der Waals surface area contributed by atoms with Gasteiger partial charge in [-0.2, -0.15) is 12.6 Å². The van der Waals surface area contributed by atoms with Crippen molar-refractivity contribution in [1.82, 2.24) is 10.6 Å². The number of amides is 2. The molecule has 3 unspecified atom stereocenters. The van der Waals surface area contributed by atoms with E-state index in [2.05, 4.69) is 23.3 Å². The van der Waals surface area contributed by atoms with E-state index in [9.17, 15) is 19.5 Å². The van der Waals surface area contributed by atoms with Crippen molar-refractivity contribution in [1.29, 1.82) is 0 Å². The summed E-state index contributed by atoms with van der Waals surface area (Å²) in [6, 6.07) is 17.4. The van der Waals surface area contributed by atoms with E-state index in [0.29, 0.717) is 25.0 Å². The molecule has 5 N–H and O–H groups in total. The van der Waals surface area contributed by atoms with Crippen LogP contribution in [0.15, 0.2) is 54.6 Å². The summed E-state index contributed by atoms with van der Waals surface area (Å²) in [5.74, 6) is -0.526. The minimum absolute atomic E-state index is 0. The number of carboxylic acid groups (broad SMARTS) is 1. The summed E-state index contributed by atoms with van der Waals surface area (Å²) in [4.78, 5) is 32.8. The Morgan fingerprint density at radius 2 is 1.52 bits per heavy atom. The van der Waals surface area contributed by atoms with E-state index in [1.165, 1.54) is 6.92 Å². The molecule has 1 saturated heterocycles. The monoisotopic (exact) mass is 618 g/mol. The van der Waals surface area contributed by atoms with Crippen molar-refractivity contribution >= 4 is 30.4 Å². The van der Waals surface area contributed by atoms with Crippen LogP contribution in [0.25, 0.3) is 11.1 Å². The Kier molecular flexibility index (Phi) is 30.8. The van der Waals surface area contributed by atoms with Gasteiger partial charge >= 0.3 is 29.6 Å². The average molecular weight is 619 g/mol. The third kappa shape index (κ3) is 22.6. The van der Waals surface area contributed by atoms with E-state index in [4.69, 9.17) is 20.1 Å². The number of hydrogen-bond donors (Lipinski definition) is 6. The topological polar surface area (TPSA) is 168 Å². The Hall–Kier alpha value is -1.96. The van der Waals surface area contributed by atoms with Crippen LogP contribution in [0.2, 0.25) is 0 Å². The van der Waals surface area contributed by atoms with Gasteiger partial charge in [-0.05, 0) is 55.2 Å². The standard InChI is InChI=1S/C16H17NO2.C8H13NO4.C3H8O.C2H6S.CH4O.Na/c1-12(18)11-17-16(19)15-9-7-14(8-10-15)13-5-3-2-4-6-13;1-5(10)9-6-2-3-7(8(11)12)13-4-6;1-2-3-4;1-2-3;1-2;/h2-10,12,18H,11H2,1H3,(H,17,19);6-7H,2-4H2,1H3,(H,9,10)(H,11,12);4H,2-3H2,1H3;3H,2H2,1H3;2H,1H3;/q;;;;;+1/p-1. The zero-order valence-corrected chi connectivity index (χ0v) is 28.6. The van der Waals surface area contributed by atoms with Crippen molar-refractivity contribution in [2.75, 3.05) is 32.6 Å². The van der Waals surface area contributed by atoms with Gasteiger partial charge < -0.3 is 40.6 Å². The van der Waals surface area contributed by atoms with Crippen LogP contribution in [-0.2, 0) is 14.3 Å². The van der Waals surface area contributed by atoms with E-state index < -0.39 is 18.2 Å². The molecule has 1 fully saturated rings. The minimum atomic E-state index is -1.18. The number of benzene rings is 2. The molecule has 1 aliphatic heterocycles. The third-order valence-electron chi connectivity index (χ3n) is 4.98. The van der Waals surface area contributed by atoms with Crippen LogP contribution in [-0.4, -0.2) is 84.0 Å². The molecule has 3 rings (SSSR count). The van der Waals surface area contributed by atoms with Crippen LogP contribution in [0.4, 0.5) is 0 Å². The maximum atomic E-state index is 11.8. The SMILES string of the molecule is CC(=O)NC1CCC(C(=O)[O-])OC1.CC(O)CNC(=O)c1ccc(-c2ccccc2)cc1.CCCO.CCS.CO.[Na+]. The molecule has 0 radical (unpaired) electrons. The number of carbonyl (C=O) groups excluding carboxylic acids is 3. The zero-order chi connectivity index (χ0) is 31.6. The van der Waals surface area contributed by atoms with Gasteiger partial charge in [-0.3, -0.25) is 9.59 Å². The van der Waals surface area contributed by atoms with Crippen molar-refractivity contribution in [3.05, 3.63) is 60.2 Å². The van der Waals surface area contributed by atoms with Gasteiger partial charge in [0.1, 0.15) is 0 Å². The second kappa shape index (κ2) is 29.1. The summed E-state index contributed by atoms with van der Waals surface area (Å²) < 4.78 is 4.98. The molecule has 0 saturated carbocycles. The molecule has 3 atom stereocenters. The summed E-state index contributed by atoms with van der Waals surface area (Å²) in [5.41, 5.74) is 2.80. The van der Waals surface area contributed by atoms with Gasteiger partial charge in [0, 0.05) is 32.7 Å². The molecule has 1 aliphatic rings. The molecule has 232 valence electrons. The van der Waals surface area contributed by atoms with E-state index in [1.807, 2.05) is 56.3 Å². The summed E-state index contributed by atoms with van der Waals surface area (Å²) in [6.07, 6.45) is 0.545. The largest absolute Gasteiger partial charge is 1.00 e. The second-order valence-corrected chi connectivity index (χ2v) is 9.29. The first kappa shape index (κ1) is 44.5. The number of aliphatic hydroxyl groups is 3. The average Bonchev–Trinajstić information content (AvgIpc) is 2.98. The quantitative estimate of drug-likeness (QED) is 0.167. The first-order valence-corrected chi connectivity index (χ1v) is 14.1. The van der Waals surface area contributed by atoms with Crippen molar-refractivity contribution in [2.24, 2.45) is 0 Å². The Labute approximate surface area is 278 Å². The van der Waals surface area contributed by atoms with Gasteiger partial charge in [0.2, 0.25) is 5.91 Å². The second-order valence-electron chi connectivity index (χ2n) is 8.66. The van der Waals surface area contributed by atoms with Crippen molar-refractivity contribution < 1.29 is 69.1 Å². The van der Waals surface area contributed by atoms with E-state index in [1.54, 1.807) is 19.1 Å². The fourth-order valence-electron chi connectivity index (χ4n) is 3.13. The van der Waals surface area contributed by atoms with Crippen molar-refractivity contribution in [3.63, 3.8) is 0 Å². The maximum Gasteiger partial charge on any atom is 1.00 e. The smallest absolute Gasteiger partial charge is 0.547 e. The Morgan fingerprint density at radius 3 is 1.90 bits per heavy atom. The third-order valence-corrected chi connectivity index (χ3v) is 4.98. The van der Waals surface area contributed by atoms with Gasteiger partial charge in [-0.1, -0.05) is 56.3 Å². The fraction of sp³-hybridized carbons (Fsp3) is 0.500. The number of carbonyl (C=O) groups is 3. The van der Waals surface area contributed by atoms with Gasteiger partial charge in [0.05, 0.1) is 30.8 Å². The van der Waals surface area contributed by atoms with E-state index in [0.717, 1.165) is 30.4 Å². The molecule has 0 spiro atoms. The van der Waals surface area contributed by atoms with Crippen LogP contribution in [0.3, 0.4) is 0 Å². The Morgan fingerprint density at radius 1 is 1.02 bits per heavy atom. The maximum absolute atomic E-state index is 11.8. The normalized spacial score (nSPS) is 15.4. The number of carboxylic acids is 1. The van der Waals surface area contributed by atoms with E-state index in [-0.39, 0.29) is 60.6 Å². The van der Waals surface area contributed by atoms with Gasteiger partial charge in [-0.15, -0.1) is 0 Å². The molecule has 42 heavy (non-hydrogen) atoms. The molecule has 0 aliphatic carbocycles. The van der Waals surface area contributed by atoms with Gasteiger partial charge in [0.15, 0.2) is 0 Å². The number of aliphatic hydroxyl groups excluding tert-OH is 3. The number of ether oxygens (including phenoxy) is 1. The minimum Gasteiger partial charge on any atom is -0.547 e. The first-order valence-electron chi connectivity index (χ1n) is 13.5. The molecule has 0 bridgehead atoms. The Bertz CT molecular complexity index is 940. The summed E-state index contributed by atoms with van der Waals surface area (Å²) >= 11 is 3.79. The molecular formula is C30H47N2NaO8S. The first-order chi connectivity index (χ1) is 19.6. The Balaban J connectivity index is -0.000000574. The molecule has 10 nitrogen and oxygen atoms in total. The number of nitrogens with one attached hydrogen (secondary N) is 2. The molecule has 2 aromatic carbocycles. The molecule has 12 heteroatoms. The molecule has 2 aromatic rings. The molecule has 2 amide bonds. The molecule has 0 aromatic heterocycles. The van der Waals surface area contributed by atoms with Crippen LogP contribution in [0, 0.1) is 0 Å². The van der Waals surface area contributed by atoms with Crippen molar-refractivity contribution in [3.8, 4) is 11.1 Å².